The van der Waals surface area contributed by atoms with Crippen LogP contribution in [0.25, 0.3) is 11.0 Å². The van der Waals surface area contributed by atoms with Gasteiger partial charge >= 0.3 is 0 Å². The summed E-state index contributed by atoms with van der Waals surface area (Å²) in [5.41, 5.74) is 3.28. The number of likely N-dealkylation sites (tertiary alicyclic amines) is 1. The molecule has 32 heavy (non-hydrogen) atoms. The topological polar surface area (TPSA) is 67.2 Å². The molecule has 1 unspecified atom stereocenters. The minimum atomic E-state index is -0.647. The van der Waals surface area contributed by atoms with Crippen LogP contribution in [-0.4, -0.2) is 26.3 Å². The molecule has 1 aliphatic carbocycles. The second kappa shape index (κ2) is 8.26. The van der Waals surface area contributed by atoms with Gasteiger partial charge in [0.25, 0.3) is 0 Å². The van der Waals surface area contributed by atoms with Crippen LogP contribution in [0.2, 0.25) is 0 Å². The van der Waals surface area contributed by atoms with E-state index in [-0.39, 0.29) is 11.8 Å². The number of carbonyl (C=O) groups excluding carboxylic acids is 2. The number of aromatic nitrogens is 2. The third kappa shape index (κ3) is 3.49. The lowest BCUT2D eigenvalue weighted by Crippen LogP contribution is -2.52. The van der Waals surface area contributed by atoms with E-state index in [9.17, 15) is 9.59 Å². The predicted octanol–water partition coefficient (Wildman–Crippen LogP) is 4.07. The largest absolute Gasteiger partial charge is 0.348 e. The fourth-order valence-electron chi connectivity index (χ4n) is 5.14. The normalized spacial score (nSPS) is 20.7. The Kier molecular flexibility index (Phi) is 5.29. The van der Waals surface area contributed by atoms with Crippen LogP contribution in [0.4, 0.5) is 0 Å². The average molecular weight is 429 g/mol. The molecule has 0 radical (unpaired) electrons. The summed E-state index contributed by atoms with van der Waals surface area (Å²) in [7, 11) is 1.97. The number of para-hydroxylation sites is 2. The summed E-state index contributed by atoms with van der Waals surface area (Å²) in [5, 5.41) is 3.16. The number of aryl methyl sites for hydroxylation is 1. The summed E-state index contributed by atoms with van der Waals surface area (Å²) < 4.78 is 2.02. The Labute approximate surface area is 187 Å². The number of fused-ring (bicyclic) bond motifs is 2. The average Bonchev–Trinajstić information content (AvgIpc) is 3.15. The Morgan fingerprint density at radius 1 is 1.09 bits per heavy atom. The molecule has 2 aromatic carbocycles. The first kappa shape index (κ1) is 20.5. The minimum absolute atomic E-state index is 0.000989. The Morgan fingerprint density at radius 2 is 1.88 bits per heavy atom. The van der Waals surface area contributed by atoms with Crippen LogP contribution >= 0.6 is 0 Å². The third-order valence-corrected chi connectivity index (χ3v) is 6.90. The molecule has 3 aromatic rings. The standard InChI is InChI=1S/C26H28N4O2/c1-29-21-12-6-5-11-20(21)28-23(29)17-27-25(32)26-15-8-7-13-22(26)30(24(31)14-16-26)18-19-9-3-2-4-10-19/h2-6,9-13H,7-8,14-18H2,1H3,(H,27,32). The summed E-state index contributed by atoms with van der Waals surface area (Å²) >= 11 is 0. The van der Waals surface area contributed by atoms with E-state index >= 15 is 0 Å². The predicted molar refractivity (Wildman–Crippen MR) is 123 cm³/mol. The number of allylic oxidation sites excluding steroid dienone is 1. The highest BCUT2D eigenvalue weighted by Gasteiger charge is 2.49. The fraction of sp³-hybridized carbons (Fsp3) is 0.346. The van der Waals surface area contributed by atoms with Crippen LogP contribution in [0.5, 0.6) is 0 Å². The van der Waals surface area contributed by atoms with Gasteiger partial charge in [0.2, 0.25) is 11.8 Å². The smallest absolute Gasteiger partial charge is 0.232 e. The van der Waals surface area contributed by atoms with Gasteiger partial charge in [-0.1, -0.05) is 48.5 Å². The highest BCUT2D eigenvalue weighted by molar-refractivity contribution is 5.91. The maximum absolute atomic E-state index is 13.6. The number of imidazole rings is 1. The molecule has 1 saturated heterocycles. The molecule has 1 atom stereocenters. The SMILES string of the molecule is Cn1c(CNC(=O)C23CCCC=C2N(Cc2ccccc2)C(=O)CC3)nc2ccccc21. The van der Waals surface area contributed by atoms with Crippen molar-refractivity contribution >= 4 is 22.8 Å². The van der Waals surface area contributed by atoms with E-state index in [1.807, 2.05) is 71.1 Å². The lowest BCUT2D eigenvalue weighted by atomic mass is 9.69. The first-order valence-electron chi connectivity index (χ1n) is 11.3. The lowest BCUT2D eigenvalue weighted by Gasteiger charge is -2.46. The molecule has 2 aliphatic rings. The van der Waals surface area contributed by atoms with Crippen molar-refractivity contribution in [1.82, 2.24) is 19.8 Å². The van der Waals surface area contributed by atoms with Crippen molar-refractivity contribution < 1.29 is 9.59 Å². The second-order valence-corrected chi connectivity index (χ2v) is 8.79. The van der Waals surface area contributed by atoms with Crippen LogP contribution in [0.15, 0.2) is 66.4 Å². The molecule has 1 fully saturated rings. The van der Waals surface area contributed by atoms with Crippen molar-refractivity contribution in [3.05, 3.63) is 77.8 Å². The summed E-state index contributed by atoms with van der Waals surface area (Å²) in [6.45, 7) is 0.872. The van der Waals surface area contributed by atoms with Gasteiger partial charge in [-0.05, 0) is 43.4 Å². The second-order valence-electron chi connectivity index (χ2n) is 8.79. The van der Waals surface area contributed by atoms with Crippen molar-refractivity contribution in [2.75, 3.05) is 0 Å². The molecule has 0 spiro atoms. The van der Waals surface area contributed by atoms with Crippen LogP contribution in [0.3, 0.4) is 0 Å². The molecule has 2 heterocycles. The highest BCUT2D eigenvalue weighted by atomic mass is 16.2. The van der Waals surface area contributed by atoms with E-state index in [1.54, 1.807) is 0 Å². The quantitative estimate of drug-likeness (QED) is 0.666. The maximum atomic E-state index is 13.6. The molecule has 6 nitrogen and oxygen atoms in total. The molecular weight excluding hydrogens is 400 g/mol. The van der Waals surface area contributed by atoms with Gasteiger partial charge in [0, 0.05) is 19.2 Å². The van der Waals surface area contributed by atoms with Crippen molar-refractivity contribution in [3.63, 3.8) is 0 Å². The zero-order valence-electron chi connectivity index (χ0n) is 18.4. The number of hydrogen-bond donors (Lipinski definition) is 1. The van der Waals surface area contributed by atoms with E-state index in [1.165, 1.54) is 0 Å². The van der Waals surface area contributed by atoms with E-state index in [4.69, 9.17) is 0 Å². The Bertz CT molecular complexity index is 1200. The zero-order chi connectivity index (χ0) is 22.1. The van der Waals surface area contributed by atoms with E-state index in [0.717, 1.165) is 47.4 Å². The minimum Gasteiger partial charge on any atom is -0.348 e. The van der Waals surface area contributed by atoms with Crippen LogP contribution in [0, 0.1) is 5.41 Å². The van der Waals surface area contributed by atoms with Gasteiger partial charge in [-0.15, -0.1) is 0 Å². The Hall–Kier alpha value is -3.41. The van der Waals surface area contributed by atoms with Gasteiger partial charge in [-0.3, -0.25) is 9.59 Å². The van der Waals surface area contributed by atoms with E-state index in [0.29, 0.717) is 25.9 Å². The van der Waals surface area contributed by atoms with E-state index < -0.39 is 5.41 Å². The number of nitrogens with one attached hydrogen (secondary N) is 1. The van der Waals surface area contributed by atoms with Crippen molar-refractivity contribution in [3.8, 4) is 0 Å². The first-order chi connectivity index (χ1) is 15.6. The number of piperidine rings is 1. The summed E-state index contributed by atoms with van der Waals surface area (Å²) in [6.07, 6.45) is 5.69. The summed E-state index contributed by atoms with van der Waals surface area (Å²) in [6, 6.07) is 18.0. The number of benzene rings is 2. The van der Waals surface area contributed by atoms with Gasteiger partial charge in [0.15, 0.2) is 0 Å². The van der Waals surface area contributed by atoms with Gasteiger partial charge in [-0.25, -0.2) is 4.98 Å². The molecule has 1 N–H and O–H groups in total. The van der Waals surface area contributed by atoms with Crippen LogP contribution in [0.1, 0.15) is 43.5 Å². The van der Waals surface area contributed by atoms with E-state index in [2.05, 4.69) is 16.4 Å². The van der Waals surface area contributed by atoms with Crippen molar-refractivity contribution in [2.24, 2.45) is 12.5 Å². The molecule has 5 rings (SSSR count). The number of carbonyl (C=O) groups is 2. The fourth-order valence-corrected chi connectivity index (χ4v) is 5.14. The molecule has 6 heteroatoms. The summed E-state index contributed by atoms with van der Waals surface area (Å²) in [4.78, 5) is 33.0. The van der Waals surface area contributed by atoms with Gasteiger partial charge in [0.1, 0.15) is 5.82 Å². The monoisotopic (exact) mass is 428 g/mol. The molecule has 0 saturated carbocycles. The van der Waals surface area contributed by atoms with Gasteiger partial charge in [-0.2, -0.15) is 0 Å². The third-order valence-electron chi connectivity index (χ3n) is 6.90. The maximum Gasteiger partial charge on any atom is 0.232 e. The van der Waals surface area contributed by atoms with Gasteiger partial charge in [0.05, 0.1) is 29.5 Å². The number of nitrogens with zero attached hydrogens (tertiary/aromatic N) is 3. The van der Waals surface area contributed by atoms with Crippen molar-refractivity contribution in [1.29, 1.82) is 0 Å². The molecule has 2 amide bonds. The number of amides is 2. The zero-order valence-corrected chi connectivity index (χ0v) is 18.4. The summed E-state index contributed by atoms with van der Waals surface area (Å²) in [5.74, 6) is 0.923. The molecule has 1 aliphatic heterocycles. The molecule has 164 valence electrons. The van der Waals surface area contributed by atoms with Crippen molar-refractivity contribution in [2.45, 2.75) is 45.2 Å². The number of hydrogen-bond acceptors (Lipinski definition) is 3. The highest BCUT2D eigenvalue weighted by Crippen LogP contribution is 2.47. The Balaban J connectivity index is 1.39. The van der Waals surface area contributed by atoms with Crippen LogP contribution < -0.4 is 5.32 Å². The molecule has 1 aromatic heterocycles. The number of rotatable bonds is 5. The van der Waals surface area contributed by atoms with Crippen LogP contribution in [-0.2, 0) is 29.7 Å². The first-order valence-corrected chi connectivity index (χ1v) is 11.3. The molecule has 0 bridgehead atoms. The Morgan fingerprint density at radius 3 is 2.69 bits per heavy atom. The molecular formula is C26H28N4O2. The van der Waals surface area contributed by atoms with Gasteiger partial charge < -0.3 is 14.8 Å². The lowest BCUT2D eigenvalue weighted by molar-refractivity contribution is -0.141.